The summed E-state index contributed by atoms with van der Waals surface area (Å²) in [6.07, 6.45) is 2.67. The first-order chi connectivity index (χ1) is 14.2. The number of ether oxygens (including phenoxy) is 4. The van der Waals surface area contributed by atoms with Crippen molar-refractivity contribution in [2.24, 2.45) is 0 Å². The summed E-state index contributed by atoms with van der Waals surface area (Å²) >= 11 is 1.71. The van der Waals surface area contributed by atoms with E-state index in [1.807, 2.05) is 19.1 Å². The Morgan fingerprint density at radius 2 is 1.66 bits per heavy atom. The van der Waals surface area contributed by atoms with Gasteiger partial charge in [0.15, 0.2) is 0 Å². The van der Waals surface area contributed by atoms with Gasteiger partial charge in [0.05, 0.1) is 53.9 Å². The second kappa shape index (κ2) is 9.52. The van der Waals surface area contributed by atoms with E-state index in [1.54, 1.807) is 23.5 Å². The molecule has 5 rings (SSSR count). The molecule has 2 fully saturated rings. The molecular weight excluding hydrogens is 393 g/mol. The Labute approximate surface area is 173 Å². The minimum absolute atomic E-state index is 0.264. The van der Waals surface area contributed by atoms with Crippen LogP contribution in [0.5, 0.6) is 11.5 Å². The minimum atomic E-state index is -0.264. The number of hydrogen-bond donors (Lipinski definition) is 0. The third kappa shape index (κ3) is 6.66. The van der Waals surface area contributed by atoms with Crippen LogP contribution in [0.2, 0.25) is 0 Å². The largest absolute Gasteiger partial charge is 0.493 e. The fraction of sp³-hybridized carbons (Fsp3) is 0.409. The number of fused-ring (bicyclic) bond motifs is 1. The highest BCUT2D eigenvalue weighted by molar-refractivity contribution is 7.18. The topological polar surface area (TPSA) is 56.4 Å². The quantitative estimate of drug-likeness (QED) is 0.495. The van der Waals surface area contributed by atoms with Crippen molar-refractivity contribution < 1.29 is 23.3 Å². The van der Waals surface area contributed by atoms with Crippen molar-refractivity contribution in [3.8, 4) is 11.5 Å². The Bertz CT molecular complexity index is 939. The maximum atomic E-state index is 12.7. The van der Waals surface area contributed by atoms with Crippen LogP contribution in [-0.4, -0.2) is 43.6 Å². The highest BCUT2D eigenvalue weighted by Gasteiger charge is 2.22. The number of hydrogen-bond acceptors (Lipinski definition) is 6. The summed E-state index contributed by atoms with van der Waals surface area (Å²) in [5.41, 5.74) is 1.03. The third-order valence-electron chi connectivity index (χ3n) is 4.48. The Morgan fingerprint density at radius 1 is 1.00 bits per heavy atom. The van der Waals surface area contributed by atoms with Crippen LogP contribution < -0.4 is 9.47 Å². The number of benzene rings is 2. The van der Waals surface area contributed by atoms with Gasteiger partial charge in [-0.25, -0.2) is 9.37 Å². The lowest BCUT2D eigenvalue weighted by Gasteiger charge is -2.04. The van der Waals surface area contributed by atoms with E-state index < -0.39 is 0 Å². The molecule has 154 valence electrons. The Morgan fingerprint density at radius 3 is 2.28 bits per heavy atom. The monoisotopic (exact) mass is 417 g/mol. The van der Waals surface area contributed by atoms with Gasteiger partial charge in [-0.15, -0.1) is 11.3 Å². The lowest BCUT2D eigenvalue weighted by molar-refractivity contribution is 0.282. The molecule has 2 aromatic carbocycles. The summed E-state index contributed by atoms with van der Waals surface area (Å²) < 4.78 is 35.0. The molecule has 0 radical (unpaired) electrons. The highest BCUT2D eigenvalue weighted by Crippen LogP contribution is 2.26. The summed E-state index contributed by atoms with van der Waals surface area (Å²) in [6, 6.07) is 12.3. The molecule has 3 aromatic rings. The molecule has 0 N–H and O–H groups in total. The van der Waals surface area contributed by atoms with Crippen LogP contribution in [0.4, 0.5) is 4.39 Å². The van der Waals surface area contributed by atoms with Crippen LogP contribution in [0.15, 0.2) is 42.5 Å². The maximum absolute atomic E-state index is 12.7. The van der Waals surface area contributed by atoms with E-state index >= 15 is 0 Å². The SMILES string of the molecule is Cc1nc2cc(OCC[C@H]3CO3)ccc2s1.Fc1cccc(OCCC2CO2)c1. The Balaban J connectivity index is 0.000000145. The average molecular weight is 418 g/mol. The number of nitrogens with zero attached hydrogens (tertiary/aromatic N) is 1. The Hall–Kier alpha value is -2.22. The van der Waals surface area contributed by atoms with Gasteiger partial charge >= 0.3 is 0 Å². The van der Waals surface area contributed by atoms with E-state index in [9.17, 15) is 4.39 Å². The molecule has 5 nitrogen and oxygen atoms in total. The van der Waals surface area contributed by atoms with Gasteiger partial charge < -0.3 is 18.9 Å². The van der Waals surface area contributed by atoms with E-state index in [2.05, 4.69) is 11.1 Å². The van der Waals surface area contributed by atoms with Crippen LogP contribution >= 0.6 is 11.3 Å². The molecule has 7 heteroatoms. The van der Waals surface area contributed by atoms with E-state index in [1.165, 1.54) is 16.8 Å². The number of halogens is 1. The summed E-state index contributed by atoms with van der Waals surface area (Å²) in [5, 5.41) is 1.10. The van der Waals surface area contributed by atoms with Gasteiger partial charge in [0.2, 0.25) is 0 Å². The standard InChI is InChI=1S/C12H13NO2S.C10H11FO2/c1-8-13-11-6-9(2-3-12(11)16-8)14-5-4-10-7-15-10;11-8-2-1-3-9(6-8)12-5-4-10-7-13-10/h2-3,6,10H,4-5,7H2,1H3;1-3,6,10H,4-5,7H2/t10-;/m0./s1. The second-order valence-electron chi connectivity index (χ2n) is 7.00. The van der Waals surface area contributed by atoms with Gasteiger partial charge in [0.1, 0.15) is 17.3 Å². The number of thiazole rings is 1. The molecule has 0 amide bonds. The van der Waals surface area contributed by atoms with Gasteiger partial charge in [-0.05, 0) is 31.2 Å². The molecule has 2 aliphatic rings. The summed E-state index contributed by atoms with van der Waals surface area (Å²) in [7, 11) is 0. The summed E-state index contributed by atoms with van der Waals surface area (Å²) in [5.74, 6) is 1.22. The van der Waals surface area contributed by atoms with Crippen molar-refractivity contribution in [3.05, 3.63) is 53.3 Å². The van der Waals surface area contributed by atoms with Gasteiger partial charge in [-0.1, -0.05) is 6.07 Å². The minimum Gasteiger partial charge on any atom is -0.493 e. The molecule has 2 aliphatic heterocycles. The van der Waals surface area contributed by atoms with Crippen molar-refractivity contribution in [1.82, 2.24) is 4.98 Å². The number of rotatable bonds is 8. The number of aryl methyl sites for hydroxylation is 1. The Kier molecular flexibility index (Phi) is 6.59. The fourth-order valence-electron chi connectivity index (χ4n) is 2.75. The molecule has 0 bridgehead atoms. The average Bonchev–Trinajstić information content (AvgIpc) is 3.62. The first kappa shape index (κ1) is 20.1. The molecule has 0 aliphatic carbocycles. The van der Waals surface area contributed by atoms with Gasteiger partial charge in [-0.3, -0.25) is 0 Å². The lowest BCUT2D eigenvalue weighted by atomic mass is 10.3. The first-order valence-electron chi connectivity index (χ1n) is 9.77. The molecule has 0 spiro atoms. The molecule has 3 heterocycles. The number of epoxide rings is 2. The van der Waals surface area contributed by atoms with Gasteiger partial charge in [0.25, 0.3) is 0 Å². The highest BCUT2D eigenvalue weighted by atomic mass is 32.1. The van der Waals surface area contributed by atoms with Crippen molar-refractivity contribution in [2.45, 2.75) is 32.0 Å². The van der Waals surface area contributed by atoms with Crippen LogP contribution in [0, 0.1) is 12.7 Å². The fourth-order valence-corrected chi connectivity index (χ4v) is 3.56. The zero-order chi connectivity index (χ0) is 20.1. The molecule has 29 heavy (non-hydrogen) atoms. The van der Waals surface area contributed by atoms with E-state index in [4.69, 9.17) is 18.9 Å². The van der Waals surface area contributed by atoms with Gasteiger partial charge in [-0.2, -0.15) is 0 Å². The molecule has 2 saturated heterocycles. The second-order valence-corrected chi connectivity index (χ2v) is 8.24. The molecular formula is C22H24FNO4S. The van der Waals surface area contributed by atoms with Crippen molar-refractivity contribution in [3.63, 3.8) is 0 Å². The summed E-state index contributed by atoms with van der Waals surface area (Å²) in [6.45, 7) is 5.07. The smallest absolute Gasteiger partial charge is 0.126 e. The predicted octanol–water partition coefficient (Wildman–Crippen LogP) is 4.77. The van der Waals surface area contributed by atoms with E-state index in [0.717, 1.165) is 48.9 Å². The number of aromatic nitrogens is 1. The van der Waals surface area contributed by atoms with Crippen LogP contribution in [-0.2, 0) is 9.47 Å². The van der Waals surface area contributed by atoms with E-state index in [-0.39, 0.29) is 5.82 Å². The van der Waals surface area contributed by atoms with Crippen molar-refractivity contribution in [1.29, 1.82) is 0 Å². The van der Waals surface area contributed by atoms with Crippen LogP contribution in [0.3, 0.4) is 0 Å². The van der Waals surface area contributed by atoms with Crippen molar-refractivity contribution in [2.75, 3.05) is 26.4 Å². The van der Waals surface area contributed by atoms with Crippen molar-refractivity contribution >= 4 is 21.6 Å². The first-order valence-corrected chi connectivity index (χ1v) is 10.6. The molecule has 2 atom stereocenters. The molecule has 1 unspecified atom stereocenters. The van der Waals surface area contributed by atoms with Crippen LogP contribution in [0.1, 0.15) is 17.8 Å². The third-order valence-corrected chi connectivity index (χ3v) is 5.44. The van der Waals surface area contributed by atoms with Crippen LogP contribution in [0.25, 0.3) is 10.2 Å². The van der Waals surface area contributed by atoms with E-state index in [0.29, 0.717) is 24.6 Å². The molecule has 1 aromatic heterocycles. The summed E-state index contributed by atoms with van der Waals surface area (Å²) in [4.78, 5) is 4.44. The zero-order valence-electron chi connectivity index (χ0n) is 16.3. The molecule has 0 saturated carbocycles. The maximum Gasteiger partial charge on any atom is 0.126 e. The zero-order valence-corrected chi connectivity index (χ0v) is 17.1. The normalized spacial score (nSPS) is 19.4. The predicted molar refractivity (Wildman–Crippen MR) is 110 cm³/mol. The lowest BCUT2D eigenvalue weighted by Crippen LogP contribution is -2.00. The van der Waals surface area contributed by atoms with Gasteiger partial charge in [0, 0.05) is 25.0 Å².